The second kappa shape index (κ2) is 9.66. The van der Waals surface area contributed by atoms with E-state index in [0.29, 0.717) is 22.7 Å². The van der Waals surface area contributed by atoms with E-state index in [2.05, 4.69) is 20.3 Å². The zero-order valence-corrected chi connectivity index (χ0v) is 19.6. The molecule has 0 radical (unpaired) electrons. The number of hydrogen-bond acceptors (Lipinski definition) is 4. The molecule has 8 heteroatoms. The highest BCUT2D eigenvalue weighted by Gasteiger charge is 2.18. The maximum atomic E-state index is 13.0. The van der Waals surface area contributed by atoms with Crippen molar-refractivity contribution in [2.24, 2.45) is 0 Å². The Labute approximate surface area is 198 Å². The normalized spacial score (nSPS) is 10.7. The molecule has 0 bridgehead atoms. The van der Waals surface area contributed by atoms with E-state index in [-0.39, 0.29) is 18.4 Å². The van der Waals surface area contributed by atoms with E-state index in [1.165, 1.54) is 10.9 Å². The van der Waals surface area contributed by atoms with Crippen molar-refractivity contribution < 1.29 is 14.3 Å². The van der Waals surface area contributed by atoms with E-state index in [1.54, 1.807) is 37.6 Å². The Hall–Kier alpha value is -4.33. The number of carbonyl (C=O) groups excluding carboxylic acids is 2. The van der Waals surface area contributed by atoms with Gasteiger partial charge in [-0.2, -0.15) is 5.10 Å². The molecular formula is C26H27N5O3. The van der Waals surface area contributed by atoms with Gasteiger partial charge in [-0.1, -0.05) is 18.2 Å². The molecule has 2 amide bonds. The van der Waals surface area contributed by atoms with Gasteiger partial charge in [-0.3, -0.25) is 14.3 Å². The first kappa shape index (κ1) is 22.8. The van der Waals surface area contributed by atoms with Crippen LogP contribution >= 0.6 is 0 Å². The Morgan fingerprint density at radius 1 is 0.971 bits per heavy atom. The second-order valence-corrected chi connectivity index (χ2v) is 8.06. The van der Waals surface area contributed by atoms with Crippen molar-refractivity contribution in [3.05, 3.63) is 89.5 Å². The summed E-state index contributed by atoms with van der Waals surface area (Å²) in [6, 6.07) is 17.0. The van der Waals surface area contributed by atoms with Gasteiger partial charge in [0.25, 0.3) is 5.91 Å². The summed E-state index contributed by atoms with van der Waals surface area (Å²) in [4.78, 5) is 25.3. The Bertz CT molecular complexity index is 1330. The summed E-state index contributed by atoms with van der Waals surface area (Å²) in [6.07, 6.45) is 3.16. The molecule has 2 aromatic carbocycles. The van der Waals surface area contributed by atoms with Crippen molar-refractivity contribution in [1.29, 1.82) is 0 Å². The van der Waals surface area contributed by atoms with E-state index in [0.717, 1.165) is 22.6 Å². The summed E-state index contributed by atoms with van der Waals surface area (Å²) in [7, 11) is 1.59. The van der Waals surface area contributed by atoms with Crippen molar-refractivity contribution in [2.45, 2.75) is 27.3 Å². The van der Waals surface area contributed by atoms with Crippen LogP contribution < -0.4 is 15.4 Å². The Balaban J connectivity index is 1.42. The van der Waals surface area contributed by atoms with Crippen molar-refractivity contribution in [1.82, 2.24) is 14.3 Å². The fraction of sp³-hybridized carbons (Fsp3) is 0.192. The SMILES string of the molecule is COc1ccc(NC(=O)Cn2cc(NC(=O)c3cc(C)n(-c4ccccc4C)c3C)cn2)cc1. The van der Waals surface area contributed by atoms with Gasteiger partial charge in [0.15, 0.2) is 0 Å². The number of amides is 2. The van der Waals surface area contributed by atoms with Crippen LogP contribution in [0, 0.1) is 20.8 Å². The van der Waals surface area contributed by atoms with Crippen LogP contribution in [0.4, 0.5) is 11.4 Å². The third kappa shape index (κ3) is 4.85. The van der Waals surface area contributed by atoms with Gasteiger partial charge in [0.05, 0.1) is 24.6 Å². The molecular weight excluding hydrogens is 430 g/mol. The van der Waals surface area contributed by atoms with E-state index in [1.807, 2.05) is 51.1 Å². The molecule has 0 fully saturated rings. The number of para-hydroxylation sites is 1. The third-order valence-electron chi connectivity index (χ3n) is 5.60. The highest BCUT2D eigenvalue weighted by atomic mass is 16.5. The number of benzene rings is 2. The molecule has 2 N–H and O–H groups in total. The molecule has 0 aliphatic rings. The lowest BCUT2D eigenvalue weighted by molar-refractivity contribution is -0.116. The lowest BCUT2D eigenvalue weighted by Crippen LogP contribution is -2.19. The molecule has 0 atom stereocenters. The Kier molecular flexibility index (Phi) is 6.49. The lowest BCUT2D eigenvalue weighted by Gasteiger charge is -2.12. The van der Waals surface area contributed by atoms with Crippen molar-refractivity contribution in [3.63, 3.8) is 0 Å². The largest absolute Gasteiger partial charge is 0.497 e. The molecule has 0 aliphatic heterocycles. The first-order chi connectivity index (χ1) is 16.4. The maximum Gasteiger partial charge on any atom is 0.257 e. The minimum Gasteiger partial charge on any atom is -0.497 e. The molecule has 0 unspecified atom stereocenters. The van der Waals surface area contributed by atoms with Gasteiger partial charge in [0.1, 0.15) is 12.3 Å². The summed E-state index contributed by atoms with van der Waals surface area (Å²) < 4.78 is 8.67. The standard InChI is InChI=1S/C26H27N5O3/c1-17-7-5-6-8-24(17)31-18(2)13-23(19(31)3)26(33)29-21-14-27-30(15-21)16-25(32)28-20-9-11-22(34-4)12-10-20/h5-15H,16H2,1-4H3,(H,28,32)(H,29,33). The van der Waals surface area contributed by atoms with Gasteiger partial charge < -0.3 is 19.9 Å². The molecule has 2 aromatic heterocycles. The second-order valence-electron chi connectivity index (χ2n) is 8.06. The number of aryl methyl sites for hydroxylation is 2. The zero-order valence-electron chi connectivity index (χ0n) is 19.6. The number of nitrogens with one attached hydrogen (secondary N) is 2. The van der Waals surface area contributed by atoms with Gasteiger partial charge in [0.2, 0.25) is 5.91 Å². The van der Waals surface area contributed by atoms with E-state index >= 15 is 0 Å². The van der Waals surface area contributed by atoms with Crippen LogP contribution in [0.25, 0.3) is 5.69 Å². The number of aromatic nitrogens is 3. The monoisotopic (exact) mass is 457 g/mol. The summed E-state index contributed by atoms with van der Waals surface area (Å²) in [6.45, 7) is 5.98. The summed E-state index contributed by atoms with van der Waals surface area (Å²) in [5.74, 6) is 0.258. The van der Waals surface area contributed by atoms with E-state index in [4.69, 9.17) is 4.74 Å². The van der Waals surface area contributed by atoms with Gasteiger partial charge in [0, 0.05) is 29.0 Å². The minimum absolute atomic E-state index is 0.0176. The van der Waals surface area contributed by atoms with Crippen molar-refractivity contribution >= 4 is 23.2 Å². The molecule has 4 rings (SSSR count). The average Bonchev–Trinajstić information content (AvgIpc) is 3.37. The van der Waals surface area contributed by atoms with Crippen LogP contribution in [0.15, 0.2) is 67.0 Å². The molecule has 8 nitrogen and oxygen atoms in total. The predicted octanol–water partition coefficient (Wildman–Crippen LogP) is 4.50. The quantitative estimate of drug-likeness (QED) is 0.428. The summed E-state index contributed by atoms with van der Waals surface area (Å²) in [5.41, 5.74) is 5.78. The number of anilines is 2. The first-order valence-corrected chi connectivity index (χ1v) is 10.9. The number of ether oxygens (including phenoxy) is 1. The topological polar surface area (TPSA) is 90.2 Å². The minimum atomic E-state index is -0.229. The van der Waals surface area contributed by atoms with Gasteiger partial charge in [-0.05, 0) is 62.7 Å². The molecule has 34 heavy (non-hydrogen) atoms. The zero-order chi connectivity index (χ0) is 24.2. The fourth-order valence-electron chi connectivity index (χ4n) is 3.91. The number of rotatable bonds is 7. The molecule has 2 heterocycles. The Morgan fingerprint density at radius 3 is 2.41 bits per heavy atom. The van der Waals surface area contributed by atoms with Gasteiger partial charge in [-0.15, -0.1) is 0 Å². The molecule has 0 saturated heterocycles. The van der Waals surface area contributed by atoms with Crippen LogP contribution in [0.5, 0.6) is 5.75 Å². The Morgan fingerprint density at radius 2 is 1.71 bits per heavy atom. The molecule has 4 aromatic rings. The van der Waals surface area contributed by atoms with Crippen LogP contribution in [0.2, 0.25) is 0 Å². The molecule has 0 spiro atoms. The van der Waals surface area contributed by atoms with Crippen molar-refractivity contribution in [2.75, 3.05) is 17.7 Å². The van der Waals surface area contributed by atoms with Crippen LogP contribution in [0.1, 0.15) is 27.3 Å². The number of hydrogen-bond donors (Lipinski definition) is 2. The summed E-state index contributed by atoms with van der Waals surface area (Å²) in [5, 5.41) is 9.88. The molecule has 174 valence electrons. The van der Waals surface area contributed by atoms with Crippen LogP contribution in [0.3, 0.4) is 0 Å². The molecule has 0 aliphatic carbocycles. The number of methoxy groups -OCH3 is 1. The van der Waals surface area contributed by atoms with E-state index < -0.39 is 0 Å². The molecule has 0 saturated carbocycles. The average molecular weight is 458 g/mol. The number of nitrogens with zero attached hydrogens (tertiary/aromatic N) is 3. The third-order valence-corrected chi connectivity index (χ3v) is 5.60. The van der Waals surface area contributed by atoms with Crippen molar-refractivity contribution in [3.8, 4) is 11.4 Å². The highest BCUT2D eigenvalue weighted by molar-refractivity contribution is 6.05. The maximum absolute atomic E-state index is 13.0. The number of carbonyl (C=O) groups is 2. The van der Waals surface area contributed by atoms with Gasteiger partial charge >= 0.3 is 0 Å². The van der Waals surface area contributed by atoms with Crippen LogP contribution in [-0.4, -0.2) is 33.3 Å². The smallest absolute Gasteiger partial charge is 0.257 e. The van der Waals surface area contributed by atoms with Crippen LogP contribution in [-0.2, 0) is 11.3 Å². The van der Waals surface area contributed by atoms with Gasteiger partial charge in [-0.25, -0.2) is 0 Å². The summed E-state index contributed by atoms with van der Waals surface area (Å²) >= 11 is 0. The predicted molar refractivity (Wildman–Crippen MR) is 132 cm³/mol. The first-order valence-electron chi connectivity index (χ1n) is 10.9. The highest BCUT2D eigenvalue weighted by Crippen LogP contribution is 2.24. The lowest BCUT2D eigenvalue weighted by atomic mass is 10.2. The fourth-order valence-corrected chi connectivity index (χ4v) is 3.91. The van der Waals surface area contributed by atoms with E-state index in [9.17, 15) is 9.59 Å².